The van der Waals surface area contributed by atoms with Gasteiger partial charge in [-0.15, -0.1) is 10.2 Å². The highest BCUT2D eigenvalue weighted by molar-refractivity contribution is 5.49. The Kier molecular flexibility index (Phi) is 5.76. The third-order valence-corrected chi connectivity index (χ3v) is 5.05. The van der Waals surface area contributed by atoms with Gasteiger partial charge in [-0.25, -0.2) is 4.98 Å². The van der Waals surface area contributed by atoms with Gasteiger partial charge in [0.25, 0.3) is 0 Å². The van der Waals surface area contributed by atoms with Crippen LogP contribution in [0.5, 0.6) is 5.88 Å². The third-order valence-electron chi connectivity index (χ3n) is 5.05. The maximum atomic E-state index is 12.8. The first-order valence-corrected chi connectivity index (χ1v) is 8.86. The van der Waals surface area contributed by atoms with Gasteiger partial charge in [0.2, 0.25) is 5.88 Å². The van der Waals surface area contributed by atoms with Gasteiger partial charge in [0, 0.05) is 31.6 Å². The Labute approximate surface area is 154 Å². The smallest absolute Gasteiger partial charge is 0.416 e. The molecule has 146 valence electrons. The number of nitrogens with zero attached hydrogens (tertiary/aromatic N) is 4. The summed E-state index contributed by atoms with van der Waals surface area (Å²) in [6.07, 6.45) is 2.06. The summed E-state index contributed by atoms with van der Waals surface area (Å²) in [7, 11) is 1.82. The minimum absolute atomic E-state index is 0.0156. The van der Waals surface area contributed by atoms with Crippen molar-refractivity contribution in [2.45, 2.75) is 50.8 Å². The predicted octanol–water partition coefficient (Wildman–Crippen LogP) is 3.67. The first-order chi connectivity index (χ1) is 12.9. The van der Waals surface area contributed by atoms with E-state index in [4.69, 9.17) is 4.74 Å². The van der Waals surface area contributed by atoms with Crippen molar-refractivity contribution in [1.29, 1.82) is 0 Å². The monoisotopic (exact) mass is 382 g/mol. The Balaban J connectivity index is 1.62. The largest absolute Gasteiger partial charge is 0.469 e. The highest BCUT2D eigenvalue weighted by atomic mass is 19.4. The molecule has 0 bridgehead atoms. The zero-order chi connectivity index (χ0) is 19.4. The standard InChI is InChI=1S/C18H21F3N4O2/c1-25-15(11-27-16-10-14(6-8-22-16)18(19,20)21)23-24-17(25)13-4-2-12(3-5-13)7-9-26/h6,8-10,12-13H,2-5,7,11H2,1H3. The van der Waals surface area contributed by atoms with Gasteiger partial charge in [0.1, 0.15) is 18.7 Å². The van der Waals surface area contributed by atoms with Crippen LogP contribution in [-0.4, -0.2) is 26.0 Å². The molecule has 1 fully saturated rings. The molecule has 0 unspecified atom stereocenters. The number of carbonyl (C=O) groups is 1. The van der Waals surface area contributed by atoms with E-state index in [2.05, 4.69) is 15.2 Å². The number of halogens is 3. The lowest BCUT2D eigenvalue weighted by Crippen LogP contribution is -2.17. The summed E-state index contributed by atoms with van der Waals surface area (Å²) in [5.41, 5.74) is -0.807. The Morgan fingerprint density at radius 2 is 2.00 bits per heavy atom. The van der Waals surface area contributed by atoms with Crippen molar-refractivity contribution in [3.63, 3.8) is 0 Å². The molecule has 27 heavy (non-hydrogen) atoms. The number of hydrogen-bond acceptors (Lipinski definition) is 5. The van der Waals surface area contributed by atoms with Gasteiger partial charge in [-0.1, -0.05) is 0 Å². The second-order valence-electron chi connectivity index (χ2n) is 6.82. The second-order valence-corrected chi connectivity index (χ2v) is 6.82. The lowest BCUT2D eigenvalue weighted by atomic mass is 9.80. The lowest BCUT2D eigenvalue weighted by molar-refractivity contribution is -0.137. The van der Waals surface area contributed by atoms with Crippen LogP contribution in [0, 0.1) is 5.92 Å². The maximum absolute atomic E-state index is 12.8. The lowest BCUT2D eigenvalue weighted by Gasteiger charge is -2.26. The van der Waals surface area contributed by atoms with E-state index in [-0.39, 0.29) is 18.4 Å². The fourth-order valence-electron chi connectivity index (χ4n) is 3.45. The molecule has 2 aromatic heterocycles. The van der Waals surface area contributed by atoms with Crippen LogP contribution in [0.1, 0.15) is 55.2 Å². The van der Waals surface area contributed by atoms with Gasteiger partial charge < -0.3 is 14.1 Å². The Hall–Kier alpha value is -2.45. The van der Waals surface area contributed by atoms with Crippen LogP contribution in [0.15, 0.2) is 18.3 Å². The van der Waals surface area contributed by atoms with E-state index in [0.29, 0.717) is 18.2 Å². The molecule has 0 spiro atoms. The van der Waals surface area contributed by atoms with Crippen molar-refractivity contribution >= 4 is 6.29 Å². The number of carbonyl (C=O) groups excluding carboxylic acids is 1. The zero-order valence-corrected chi connectivity index (χ0v) is 14.9. The number of pyridine rings is 1. The van der Waals surface area contributed by atoms with Crippen molar-refractivity contribution in [3.05, 3.63) is 35.5 Å². The molecule has 0 aliphatic heterocycles. The van der Waals surface area contributed by atoms with Crippen LogP contribution in [0.25, 0.3) is 0 Å². The molecule has 9 heteroatoms. The van der Waals surface area contributed by atoms with Crippen molar-refractivity contribution in [2.75, 3.05) is 0 Å². The molecule has 0 aromatic carbocycles. The maximum Gasteiger partial charge on any atom is 0.416 e. The number of rotatable bonds is 6. The molecular weight excluding hydrogens is 361 g/mol. The first-order valence-electron chi connectivity index (χ1n) is 8.86. The molecule has 0 N–H and O–H groups in total. The first kappa shape index (κ1) is 19.3. The number of aldehydes is 1. The summed E-state index contributed by atoms with van der Waals surface area (Å²) in [6.45, 7) is -0.0156. The van der Waals surface area contributed by atoms with Gasteiger partial charge in [0.15, 0.2) is 5.82 Å². The molecule has 0 saturated heterocycles. The Morgan fingerprint density at radius 1 is 1.26 bits per heavy atom. The quantitative estimate of drug-likeness (QED) is 0.713. The zero-order valence-electron chi connectivity index (χ0n) is 14.9. The normalized spacial score (nSPS) is 20.4. The molecule has 6 nitrogen and oxygen atoms in total. The van der Waals surface area contributed by atoms with Crippen LogP contribution < -0.4 is 4.74 Å². The fourth-order valence-corrected chi connectivity index (χ4v) is 3.45. The average Bonchev–Trinajstić information content (AvgIpc) is 3.01. The molecule has 2 heterocycles. The molecule has 1 aliphatic carbocycles. The van der Waals surface area contributed by atoms with Gasteiger partial charge in [0.05, 0.1) is 5.56 Å². The molecule has 1 aliphatic rings. The Bertz CT molecular complexity index is 783. The minimum Gasteiger partial charge on any atom is -0.469 e. The van der Waals surface area contributed by atoms with E-state index < -0.39 is 11.7 Å². The summed E-state index contributed by atoms with van der Waals surface area (Å²) in [6, 6.07) is 1.76. The van der Waals surface area contributed by atoms with Gasteiger partial charge in [-0.05, 0) is 37.7 Å². The SMILES string of the molecule is Cn1c(COc2cc(C(F)(F)F)ccn2)nnc1C1CCC(CC=O)CC1. The van der Waals surface area contributed by atoms with E-state index in [9.17, 15) is 18.0 Å². The van der Waals surface area contributed by atoms with E-state index >= 15 is 0 Å². The highest BCUT2D eigenvalue weighted by Gasteiger charge is 2.31. The second kappa shape index (κ2) is 8.06. The summed E-state index contributed by atoms with van der Waals surface area (Å²) in [4.78, 5) is 14.5. The van der Waals surface area contributed by atoms with Crippen LogP contribution in [-0.2, 0) is 24.6 Å². The molecule has 0 amide bonds. The fraction of sp³-hybridized carbons (Fsp3) is 0.556. The summed E-state index contributed by atoms with van der Waals surface area (Å²) >= 11 is 0. The molecule has 3 rings (SSSR count). The van der Waals surface area contributed by atoms with E-state index in [1.54, 1.807) is 0 Å². The van der Waals surface area contributed by atoms with Crippen molar-refractivity contribution in [1.82, 2.24) is 19.7 Å². The summed E-state index contributed by atoms with van der Waals surface area (Å²) in [5, 5.41) is 8.36. The molecule has 0 atom stereocenters. The van der Waals surface area contributed by atoms with E-state index in [1.165, 1.54) is 0 Å². The summed E-state index contributed by atoms with van der Waals surface area (Å²) < 4.78 is 45.5. The number of hydrogen-bond donors (Lipinski definition) is 0. The minimum atomic E-state index is -4.44. The number of aromatic nitrogens is 4. The van der Waals surface area contributed by atoms with E-state index in [1.807, 2.05) is 11.6 Å². The van der Waals surface area contributed by atoms with Crippen LogP contribution in [0.4, 0.5) is 13.2 Å². The molecule has 1 saturated carbocycles. The van der Waals surface area contributed by atoms with Crippen molar-refractivity contribution in [2.24, 2.45) is 13.0 Å². The molecule has 2 aromatic rings. The average molecular weight is 382 g/mol. The number of alkyl halides is 3. The van der Waals surface area contributed by atoms with Crippen LogP contribution >= 0.6 is 0 Å². The van der Waals surface area contributed by atoms with Gasteiger partial charge in [-0.3, -0.25) is 0 Å². The van der Waals surface area contributed by atoms with Crippen LogP contribution in [0.2, 0.25) is 0 Å². The van der Waals surface area contributed by atoms with Crippen molar-refractivity contribution < 1.29 is 22.7 Å². The highest BCUT2D eigenvalue weighted by Crippen LogP contribution is 2.36. The van der Waals surface area contributed by atoms with E-state index in [0.717, 1.165) is 56.1 Å². The van der Waals surface area contributed by atoms with Gasteiger partial charge in [-0.2, -0.15) is 13.2 Å². The van der Waals surface area contributed by atoms with Crippen LogP contribution in [0.3, 0.4) is 0 Å². The van der Waals surface area contributed by atoms with Crippen molar-refractivity contribution in [3.8, 4) is 5.88 Å². The topological polar surface area (TPSA) is 69.9 Å². The summed E-state index contributed by atoms with van der Waals surface area (Å²) in [5.74, 6) is 1.98. The molecular formula is C18H21F3N4O2. The Morgan fingerprint density at radius 3 is 2.67 bits per heavy atom. The van der Waals surface area contributed by atoms with Gasteiger partial charge >= 0.3 is 6.18 Å². The molecule has 0 radical (unpaired) electrons. The third kappa shape index (κ3) is 4.64. The number of ether oxygens (including phenoxy) is 1. The predicted molar refractivity (Wildman–Crippen MR) is 90.0 cm³/mol.